The molecule has 2 aromatic heterocycles. The lowest BCUT2D eigenvalue weighted by Crippen LogP contribution is -2.37. The van der Waals surface area contributed by atoms with Crippen molar-refractivity contribution < 1.29 is 9.53 Å². The Kier molecular flexibility index (Phi) is 5.93. The number of hydrogen-bond acceptors (Lipinski definition) is 6. The fraction of sp³-hybridized carbons (Fsp3) is 0.240. The summed E-state index contributed by atoms with van der Waals surface area (Å²) in [6.07, 6.45) is 1.45. The first-order valence-electron chi connectivity index (χ1n) is 10.9. The van der Waals surface area contributed by atoms with Crippen molar-refractivity contribution in [1.82, 2.24) is 9.55 Å². The Hall–Kier alpha value is -3.49. The Balaban J connectivity index is 1.40. The van der Waals surface area contributed by atoms with Crippen molar-refractivity contribution in [2.24, 2.45) is 0 Å². The van der Waals surface area contributed by atoms with Crippen LogP contribution in [0.1, 0.15) is 5.56 Å². The summed E-state index contributed by atoms with van der Waals surface area (Å²) in [5, 5.41) is 5.47. The number of aromatic nitrogens is 2. The second-order valence-corrected chi connectivity index (χ2v) is 8.90. The molecule has 4 aromatic rings. The van der Waals surface area contributed by atoms with Gasteiger partial charge < -0.3 is 15.0 Å². The molecule has 3 heterocycles. The molecule has 1 fully saturated rings. The van der Waals surface area contributed by atoms with Crippen LogP contribution in [-0.4, -0.2) is 41.8 Å². The Morgan fingerprint density at radius 3 is 2.67 bits per heavy atom. The third-order valence-corrected chi connectivity index (χ3v) is 6.65. The molecule has 1 aliphatic heterocycles. The molecule has 1 aliphatic rings. The van der Waals surface area contributed by atoms with Crippen LogP contribution in [0.25, 0.3) is 21.3 Å². The normalized spacial score (nSPS) is 13.9. The van der Waals surface area contributed by atoms with Gasteiger partial charge in [0, 0.05) is 24.0 Å². The summed E-state index contributed by atoms with van der Waals surface area (Å²) in [6.45, 7) is 4.78. The fourth-order valence-corrected chi connectivity index (χ4v) is 4.94. The number of fused-ring (bicyclic) bond motifs is 1. The second-order valence-electron chi connectivity index (χ2n) is 8.04. The molecule has 8 heteroatoms. The van der Waals surface area contributed by atoms with Crippen molar-refractivity contribution >= 4 is 38.8 Å². The molecule has 0 spiro atoms. The lowest BCUT2D eigenvalue weighted by Gasteiger charge is -2.30. The minimum atomic E-state index is -0.272. The van der Waals surface area contributed by atoms with Crippen LogP contribution in [0.3, 0.4) is 0 Å². The average molecular weight is 461 g/mol. The molecule has 33 heavy (non-hydrogen) atoms. The first kappa shape index (κ1) is 21.4. The van der Waals surface area contributed by atoms with Gasteiger partial charge in [-0.3, -0.25) is 14.2 Å². The summed E-state index contributed by atoms with van der Waals surface area (Å²) in [5.41, 5.74) is 4.43. The first-order valence-corrected chi connectivity index (χ1v) is 11.7. The predicted molar refractivity (Wildman–Crippen MR) is 132 cm³/mol. The Bertz CT molecular complexity index is 1350. The van der Waals surface area contributed by atoms with Gasteiger partial charge in [0.05, 0.1) is 36.3 Å². The number of thiophene rings is 1. The van der Waals surface area contributed by atoms with Gasteiger partial charge in [0.1, 0.15) is 11.4 Å². The van der Waals surface area contributed by atoms with E-state index in [0.29, 0.717) is 23.4 Å². The topological polar surface area (TPSA) is 76.5 Å². The van der Waals surface area contributed by atoms with Gasteiger partial charge in [-0.2, -0.15) is 0 Å². The Morgan fingerprint density at radius 2 is 1.88 bits per heavy atom. The van der Waals surface area contributed by atoms with Crippen LogP contribution in [0, 0.1) is 6.92 Å². The number of carbonyl (C=O) groups is 1. The third kappa shape index (κ3) is 4.40. The summed E-state index contributed by atoms with van der Waals surface area (Å²) < 4.78 is 6.81. The van der Waals surface area contributed by atoms with Crippen LogP contribution in [0.5, 0.6) is 0 Å². The van der Waals surface area contributed by atoms with Crippen molar-refractivity contribution in [2.75, 3.05) is 36.5 Å². The molecular weight excluding hydrogens is 436 g/mol. The van der Waals surface area contributed by atoms with E-state index in [2.05, 4.69) is 15.2 Å². The molecular formula is C25H24N4O3S. The number of ether oxygens (including phenoxy) is 1. The molecule has 1 saturated heterocycles. The molecule has 0 unspecified atom stereocenters. The molecule has 5 rings (SSSR count). The van der Waals surface area contributed by atoms with E-state index in [1.807, 2.05) is 60.8 Å². The highest BCUT2D eigenvalue weighted by molar-refractivity contribution is 7.17. The minimum absolute atomic E-state index is 0.109. The van der Waals surface area contributed by atoms with Gasteiger partial charge in [-0.05, 0) is 24.6 Å². The average Bonchev–Trinajstić information content (AvgIpc) is 3.27. The zero-order chi connectivity index (χ0) is 22.8. The highest BCUT2D eigenvalue weighted by Gasteiger charge is 2.18. The van der Waals surface area contributed by atoms with E-state index in [-0.39, 0.29) is 18.0 Å². The van der Waals surface area contributed by atoms with Gasteiger partial charge in [-0.15, -0.1) is 11.3 Å². The minimum Gasteiger partial charge on any atom is -0.378 e. The van der Waals surface area contributed by atoms with Gasteiger partial charge in [-0.1, -0.05) is 42.0 Å². The number of rotatable bonds is 5. The van der Waals surface area contributed by atoms with Crippen LogP contribution in [0.4, 0.5) is 11.4 Å². The molecule has 0 aliphatic carbocycles. The lowest BCUT2D eigenvalue weighted by atomic mass is 10.1. The highest BCUT2D eigenvalue weighted by atomic mass is 32.1. The monoisotopic (exact) mass is 460 g/mol. The van der Waals surface area contributed by atoms with Gasteiger partial charge in [0.2, 0.25) is 5.91 Å². The highest BCUT2D eigenvalue weighted by Crippen LogP contribution is 2.31. The molecule has 0 bridgehead atoms. The summed E-state index contributed by atoms with van der Waals surface area (Å²) in [4.78, 5) is 33.5. The number of anilines is 2. The second kappa shape index (κ2) is 9.17. The third-order valence-electron chi connectivity index (χ3n) is 5.77. The molecule has 2 aromatic carbocycles. The van der Waals surface area contributed by atoms with Crippen molar-refractivity contribution in [3.63, 3.8) is 0 Å². The summed E-state index contributed by atoms with van der Waals surface area (Å²) >= 11 is 1.43. The summed E-state index contributed by atoms with van der Waals surface area (Å²) in [7, 11) is 0. The maximum Gasteiger partial charge on any atom is 0.263 e. The number of aryl methyl sites for hydroxylation is 1. The standard InChI is InChI=1S/C25H24N4O3S/c1-17-6-8-18(9-7-17)19-15-33-24-23(19)25(31)29(16-26-24)14-22(30)27-20-4-2-3-5-21(20)28-10-12-32-13-11-28/h2-9,15-16H,10-14H2,1H3,(H,27,30). The lowest BCUT2D eigenvalue weighted by molar-refractivity contribution is -0.116. The SMILES string of the molecule is Cc1ccc(-c2csc3ncn(CC(=O)Nc4ccccc4N4CCOCC4)c(=O)c23)cc1. The van der Waals surface area contributed by atoms with E-state index in [1.165, 1.54) is 22.2 Å². The van der Waals surface area contributed by atoms with Gasteiger partial charge in [0.15, 0.2) is 0 Å². The van der Waals surface area contributed by atoms with E-state index in [0.717, 1.165) is 41.2 Å². The quantitative estimate of drug-likeness (QED) is 0.489. The zero-order valence-corrected chi connectivity index (χ0v) is 19.1. The van der Waals surface area contributed by atoms with Crippen LogP contribution in [0.2, 0.25) is 0 Å². The fourth-order valence-electron chi connectivity index (χ4n) is 4.03. The largest absolute Gasteiger partial charge is 0.378 e. The maximum absolute atomic E-state index is 13.3. The van der Waals surface area contributed by atoms with Crippen molar-refractivity contribution in [3.8, 4) is 11.1 Å². The summed E-state index contributed by atoms with van der Waals surface area (Å²) in [6, 6.07) is 15.7. The molecule has 0 radical (unpaired) electrons. The van der Waals surface area contributed by atoms with E-state index >= 15 is 0 Å². The Morgan fingerprint density at radius 1 is 1.12 bits per heavy atom. The predicted octanol–water partition coefficient (Wildman–Crippen LogP) is 3.91. The van der Waals surface area contributed by atoms with E-state index in [9.17, 15) is 9.59 Å². The maximum atomic E-state index is 13.3. The van der Waals surface area contributed by atoms with E-state index < -0.39 is 0 Å². The number of amides is 1. The number of benzene rings is 2. The van der Waals surface area contributed by atoms with Crippen LogP contribution in [-0.2, 0) is 16.1 Å². The molecule has 0 atom stereocenters. The number of nitrogens with one attached hydrogen (secondary N) is 1. The van der Waals surface area contributed by atoms with Crippen molar-refractivity contribution in [1.29, 1.82) is 0 Å². The summed E-state index contributed by atoms with van der Waals surface area (Å²) in [5.74, 6) is -0.272. The molecule has 1 amide bonds. The number of carbonyl (C=O) groups excluding carboxylic acids is 1. The number of para-hydroxylation sites is 2. The molecule has 7 nitrogen and oxygen atoms in total. The number of nitrogens with zero attached hydrogens (tertiary/aromatic N) is 3. The van der Waals surface area contributed by atoms with Crippen molar-refractivity contribution in [2.45, 2.75) is 13.5 Å². The van der Waals surface area contributed by atoms with Gasteiger partial charge in [-0.25, -0.2) is 4.98 Å². The van der Waals surface area contributed by atoms with Gasteiger partial charge in [0.25, 0.3) is 5.56 Å². The first-order chi connectivity index (χ1) is 16.1. The molecule has 0 saturated carbocycles. The molecule has 1 N–H and O–H groups in total. The Labute approximate surface area is 195 Å². The van der Waals surface area contributed by atoms with Crippen molar-refractivity contribution in [3.05, 3.63) is 76.2 Å². The van der Waals surface area contributed by atoms with Crippen LogP contribution < -0.4 is 15.8 Å². The molecule has 168 valence electrons. The smallest absolute Gasteiger partial charge is 0.263 e. The zero-order valence-electron chi connectivity index (χ0n) is 18.3. The van der Waals surface area contributed by atoms with E-state index in [1.54, 1.807) is 0 Å². The number of hydrogen-bond donors (Lipinski definition) is 1. The van der Waals surface area contributed by atoms with Crippen LogP contribution >= 0.6 is 11.3 Å². The number of morpholine rings is 1. The van der Waals surface area contributed by atoms with E-state index in [4.69, 9.17) is 4.74 Å². The van der Waals surface area contributed by atoms with Crippen LogP contribution in [0.15, 0.2) is 65.0 Å². The van der Waals surface area contributed by atoms with Gasteiger partial charge >= 0.3 is 0 Å².